The fourth-order valence-electron chi connectivity index (χ4n) is 5.69. The Balaban J connectivity index is 1.48. The molecule has 6 nitrogen and oxygen atoms in total. The van der Waals surface area contributed by atoms with Crippen LogP contribution in [0.4, 0.5) is 10.1 Å². The van der Waals surface area contributed by atoms with Crippen molar-refractivity contribution in [2.45, 2.75) is 12.1 Å². The zero-order chi connectivity index (χ0) is 25.1. The van der Waals surface area contributed by atoms with Gasteiger partial charge in [-0.05, 0) is 75.6 Å². The molecule has 8 heteroatoms. The number of carbonyl (C=O) groups excluding carboxylic acids is 3. The van der Waals surface area contributed by atoms with E-state index in [9.17, 15) is 18.8 Å². The molecule has 2 fully saturated rings. The molecule has 6 rings (SSSR count). The summed E-state index contributed by atoms with van der Waals surface area (Å²) in [6.07, 6.45) is 3.72. The predicted molar refractivity (Wildman–Crippen MR) is 135 cm³/mol. The molecule has 3 heterocycles. The van der Waals surface area contributed by atoms with Crippen LogP contribution in [0.3, 0.4) is 0 Å². The highest BCUT2D eigenvalue weighted by atomic mass is 79.9. The summed E-state index contributed by atoms with van der Waals surface area (Å²) in [5, 5.41) is 0. The molecular formula is C28H20BrFN2O4. The number of halogens is 2. The summed E-state index contributed by atoms with van der Waals surface area (Å²) in [6, 6.07) is 16.6. The molecule has 3 aliphatic heterocycles. The van der Waals surface area contributed by atoms with Gasteiger partial charge in [0.1, 0.15) is 17.6 Å². The smallest absolute Gasteiger partial charge is 0.240 e. The second kappa shape index (κ2) is 8.41. The van der Waals surface area contributed by atoms with Crippen LogP contribution in [0.15, 0.2) is 77.4 Å². The number of methoxy groups -OCH3 is 1. The van der Waals surface area contributed by atoms with Crippen molar-refractivity contribution in [3.05, 3.63) is 99.9 Å². The van der Waals surface area contributed by atoms with E-state index in [2.05, 4.69) is 15.9 Å². The van der Waals surface area contributed by atoms with Crippen LogP contribution in [0, 0.1) is 17.7 Å². The Morgan fingerprint density at radius 3 is 2.42 bits per heavy atom. The summed E-state index contributed by atoms with van der Waals surface area (Å²) >= 11 is 3.43. The van der Waals surface area contributed by atoms with Crippen molar-refractivity contribution < 1.29 is 23.5 Å². The quantitative estimate of drug-likeness (QED) is 0.340. The number of Topliss-reactive ketones (excluding diaryl/α,β-unsaturated/α-hetero) is 1. The fourth-order valence-corrected chi connectivity index (χ4v) is 6.23. The van der Waals surface area contributed by atoms with Crippen molar-refractivity contribution in [1.82, 2.24) is 4.90 Å². The van der Waals surface area contributed by atoms with Crippen molar-refractivity contribution in [3.8, 4) is 5.75 Å². The van der Waals surface area contributed by atoms with Crippen LogP contribution in [0.2, 0.25) is 0 Å². The van der Waals surface area contributed by atoms with Crippen LogP contribution < -0.4 is 9.64 Å². The van der Waals surface area contributed by atoms with Gasteiger partial charge in [0.2, 0.25) is 11.8 Å². The predicted octanol–water partition coefficient (Wildman–Crippen LogP) is 5.00. The van der Waals surface area contributed by atoms with E-state index in [0.29, 0.717) is 21.5 Å². The fraction of sp³-hybridized carbons (Fsp3) is 0.179. The van der Waals surface area contributed by atoms with Crippen molar-refractivity contribution in [2.75, 3.05) is 12.0 Å². The number of fused-ring (bicyclic) bond motifs is 5. The zero-order valence-electron chi connectivity index (χ0n) is 19.1. The molecule has 2 saturated heterocycles. The standard InChI is InChI=1S/C28H20BrFN2O4/c1-36-21-11-6-16(14-20(21)29)26(33)25-23-22(24-19-5-3-2-4-15(19)12-13-31(24)25)27(34)32(28(23)35)18-9-7-17(30)8-10-18/h2-14,22-25H,1H3/t22-,23+,24-,25-/m0/s1. The van der Waals surface area contributed by atoms with Gasteiger partial charge in [-0.25, -0.2) is 9.29 Å². The zero-order valence-corrected chi connectivity index (χ0v) is 20.7. The summed E-state index contributed by atoms with van der Waals surface area (Å²) < 4.78 is 19.5. The molecule has 3 aromatic rings. The third-order valence-electron chi connectivity index (χ3n) is 7.25. The highest BCUT2D eigenvalue weighted by molar-refractivity contribution is 9.10. The molecule has 36 heavy (non-hydrogen) atoms. The van der Waals surface area contributed by atoms with E-state index >= 15 is 0 Å². The molecule has 2 amide bonds. The van der Waals surface area contributed by atoms with Gasteiger partial charge in [-0.15, -0.1) is 0 Å². The Kier molecular flexibility index (Phi) is 5.30. The molecule has 0 spiro atoms. The molecule has 0 unspecified atom stereocenters. The van der Waals surface area contributed by atoms with Crippen molar-refractivity contribution in [3.63, 3.8) is 0 Å². The Labute approximate surface area is 215 Å². The lowest BCUT2D eigenvalue weighted by molar-refractivity contribution is -0.123. The first-order chi connectivity index (χ1) is 17.4. The van der Waals surface area contributed by atoms with E-state index in [4.69, 9.17) is 4.74 Å². The SMILES string of the molecule is COc1ccc(C(=O)[C@@H]2[C@@H]3C(=O)N(c4ccc(F)cc4)C(=O)[C@@H]3[C@@H]3c4ccccc4C=CN23)cc1Br. The number of ether oxygens (including phenoxy) is 1. The van der Waals surface area contributed by atoms with E-state index in [1.54, 1.807) is 18.2 Å². The van der Waals surface area contributed by atoms with Crippen LogP contribution in [-0.2, 0) is 9.59 Å². The molecule has 3 aliphatic rings. The summed E-state index contributed by atoms with van der Waals surface area (Å²) in [4.78, 5) is 44.6. The lowest BCUT2D eigenvalue weighted by Gasteiger charge is -2.35. The number of hydrogen-bond donors (Lipinski definition) is 0. The van der Waals surface area contributed by atoms with Gasteiger partial charge >= 0.3 is 0 Å². The minimum absolute atomic E-state index is 0.262. The van der Waals surface area contributed by atoms with Crippen LogP contribution in [0.25, 0.3) is 6.08 Å². The average Bonchev–Trinajstić information content (AvgIpc) is 3.36. The molecule has 180 valence electrons. The second-order valence-corrected chi connectivity index (χ2v) is 9.89. The van der Waals surface area contributed by atoms with E-state index in [1.165, 1.54) is 31.4 Å². The maximum atomic E-state index is 14.0. The Morgan fingerprint density at radius 1 is 0.972 bits per heavy atom. The topological polar surface area (TPSA) is 66.9 Å². The molecule has 0 aliphatic carbocycles. The number of benzene rings is 3. The van der Waals surface area contributed by atoms with Crippen molar-refractivity contribution in [1.29, 1.82) is 0 Å². The average molecular weight is 547 g/mol. The molecule has 0 radical (unpaired) electrons. The summed E-state index contributed by atoms with van der Waals surface area (Å²) in [7, 11) is 1.54. The maximum absolute atomic E-state index is 14.0. The third-order valence-corrected chi connectivity index (χ3v) is 7.87. The Morgan fingerprint density at radius 2 is 1.69 bits per heavy atom. The third kappa shape index (κ3) is 3.24. The van der Waals surface area contributed by atoms with Crippen LogP contribution >= 0.6 is 15.9 Å². The summed E-state index contributed by atoms with van der Waals surface area (Å²) in [5.41, 5.74) is 2.53. The van der Waals surface area contributed by atoms with Gasteiger partial charge in [0, 0.05) is 11.8 Å². The molecule has 0 N–H and O–H groups in total. The van der Waals surface area contributed by atoms with Gasteiger partial charge in [-0.3, -0.25) is 14.4 Å². The van der Waals surface area contributed by atoms with Gasteiger partial charge in [-0.1, -0.05) is 24.3 Å². The molecule has 0 aromatic heterocycles. The van der Waals surface area contributed by atoms with Gasteiger partial charge in [0.25, 0.3) is 0 Å². The molecule has 0 saturated carbocycles. The van der Waals surface area contributed by atoms with E-state index in [0.717, 1.165) is 16.0 Å². The van der Waals surface area contributed by atoms with Crippen LogP contribution in [-0.4, -0.2) is 35.6 Å². The Bertz CT molecular complexity index is 1450. The highest BCUT2D eigenvalue weighted by Gasteiger charge is 2.64. The van der Waals surface area contributed by atoms with Gasteiger partial charge in [0.15, 0.2) is 5.78 Å². The van der Waals surface area contributed by atoms with Crippen LogP contribution in [0.5, 0.6) is 5.75 Å². The van der Waals surface area contributed by atoms with Crippen LogP contribution in [0.1, 0.15) is 27.5 Å². The number of ketones is 1. The minimum atomic E-state index is -0.892. The molecule has 0 bridgehead atoms. The van der Waals surface area contributed by atoms with E-state index < -0.39 is 35.6 Å². The lowest BCUT2D eigenvalue weighted by Crippen LogP contribution is -2.44. The summed E-state index contributed by atoms with van der Waals surface area (Å²) in [5.74, 6) is -2.64. The number of anilines is 1. The van der Waals surface area contributed by atoms with E-state index in [1.807, 2.05) is 41.4 Å². The largest absolute Gasteiger partial charge is 0.496 e. The first-order valence-corrected chi connectivity index (χ1v) is 12.3. The highest BCUT2D eigenvalue weighted by Crippen LogP contribution is 2.53. The number of nitrogens with zero attached hydrogens (tertiary/aromatic N) is 2. The lowest BCUT2D eigenvalue weighted by atomic mass is 9.83. The first-order valence-electron chi connectivity index (χ1n) is 11.5. The van der Waals surface area contributed by atoms with E-state index in [-0.39, 0.29) is 11.7 Å². The maximum Gasteiger partial charge on any atom is 0.240 e. The normalized spacial score (nSPS) is 24.0. The van der Waals surface area contributed by atoms with Gasteiger partial charge < -0.3 is 9.64 Å². The first kappa shape index (κ1) is 22.7. The number of carbonyl (C=O) groups is 3. The molecular weight excluding hydrogens is 527 g/mol. The number of rotatable bonds is 4. The number of hydrogen-bond acceptors (Lipinski definition) is 5. The molecule has 4 atom stereocenters. The molecule has 3 aromatic carbocycles. The summed E-state index contributed by atoms with van der Waals surface area (Å²) in [6.45, 7) is 0. The van der Waals surface area contributed by atoms with Gasteiger partial charge in [-0.2, -0.15) is 0 Å². The number of imide groups is 1. The number of amides is 2. The Hall–Kier alpha value is -3.78. The van der Waals surface area contributed by atoms with Gasteiger partial charge in [0.05, 0.1) is 35.1 Å². The monoisotopic (exact) mass is 546 g/mol. The second-order valence-electron chi connectivity index (χ2n) is 9.03. The minimum Gasteiger partial charge on any atom is -0.496 e. The van der Waals surface area contributed by atoms with Crippen molar-refractivity contribution in [2.24, 2.45) is 11.8 Å². The van der Waals surface area contributed by atoms with Crippen molar-refractivity contribution >= 4 is 45.3 Å².